The molecule has 3 nitrogen and oxygen atoms in total. The highest BCUT2D eigenvalue weighted by Gasteiger charge is 2.14. The maximum atomic E-state index is 13.1. The molecule has 0 aliphatic heterocycles. The van der Waals surface area contributed by atoms with E-state index in [9.17, 15) is 8.78 Å². The number of nitrogen functional groups attached to an aromatic ring is 1. The van der Waals surface area contributed by atoms with Gasteiger partial charge in [0.25, 0.3) is 0 Å². The maximum Gasteiger partial charge on any atom is 0.168 e. The van der Waals surface area contributed by atoms with Crippen molar-refractivity contribution in [2.75, 3.05) is 6.61 Å². The van der Waals surface area contributed by atoms with Crippen LogP contribution in [0.25, 0.3) is 0 Å². The summed E-state index contributed by atoms with van der Waals surface area (Å²) in [4.78, 5) is 0. The first kappa shape index (κ1) is 10.4. The standard InChI is InChI=1S/C9H10F2N2O/c1-2-14-8-6(9(12)13)3-5(10)4-7(8)11/h3-4H,2H2,1H3,(H3,12,13). The van der Waals surface area contributed by atoms with Gasteiger partial charge in [-0.2, -0.15) is 0 Å². The molecule has 0 fully saturated rings. The summed E-state index contributed by atoms with van der Waals surface area (Å²) in [5.41, 5.74) is 5.09. The molecule has 0 radical (unpaired) electrons. The molecule has 0 spiro atoms. The van der Waals surface area contributed by atoms with Crippen LogP contribution in [0.5, 0.6) is 5.75 Å². The fourth-order valence-electron chi connectivity index (χ4n) is 1.05. The molecule has 1 aromatic rings. The molecule has 0 bridgehead atoms. The second-order valence-electron chi connectivity index (χ2n) is 2.61. The lowest BCUT2D eigenvalue weighted by Crippen LogP contribution is -2.14. The predicted molar refractivity (Wildman–Crippen MR) is 48.5 cm³/mol. The normalized spacial score (nSPS) is 9.93. The van der Waals surface area contributed by atoms with Gasteiger partial charge < -0.3 is 10.5 Å². The molecule has 0 aromatic heterocycles. The van der Waals surface area contributed by atoms with Crippen LogP contribution in [0.15, 0.2) is 12.1 Å². The van der Waals surface area contributed by atoms with E-state index in [-0.39, 0.29) is 17.9 Å². The second kappa shape index (κ2) is 4.04. The molecule has 0 saturated heterocycles. The summed E-state index contributed by atoms with van der Waals surface area (Å²) < 4.78 is 30.8. The van der Waals surface area contributed by atoms with Crippen molar-refractivity contribution in [1.29, 1.82) is 5.41 Å². The van der Waals surface area contributed by atoms with Crippen molar-refractivity contribution in [2.45, 2.75) is 6.92 Å². The van der Waals surface area contributed by atoms with Crippen molar-refractivity contribution in [2.24, 2.45) is 5.73 Å². The Labute approximate surface area is 80.0 Å². The fourth-order valence-corrected chi connectivity index (χ4v) is 1.05. The lowest BCUT2D eigenvalue weighted by atomic mass is 10.1. The molecule has 14 heavy (non-hydrogen) atoms. The minimum Gasteiger partial charge on any atom is -0.490 e. The third-order valence-electron chi connectivity index (χ3n) is 1.59. The van der Waals surface area contributed by atoms with Gasteiger partial charge in [-0.05, 0) is 13.0 Å². The van der Waals surface area contributed by atoms with Gasteiger partial charge in [0, 0.05) is 6.07 Å². The number of nitrogens with one attached hydrogen (secondary N) is 1. The fraction of sp³-hybridized carbons (Fsp3) is 0.222. The highest BCUT2D eigenvalue weighted by molar-refractivity contribution is 5.97. The van der Waals surface area contributed by atoms with E-state index in [0.717, 1.165) is 6.07 Å². The Hall–Kier alpha value is -1.65. The zero-order chi connectivity index (χ0) is 10.7. The van der Waals surface area contributed by atoms with Crippen molar-refractivity contribution < 1.29 is 13.5 Å². The lowest BCUT2D eigenvalue weighted by molar-refractivity contribution is 0.319. The second-order valence-corrected chi connectivity index (χ2v) is 2.61. The van der Waals surface area contributed by atoms with E-state index in [1.807, 2.05) is 0 Å². The SMILES string of the molecule is CCOc1c(F)cc(F)cc1C(=N)N. The van der Waals surface area contributed by atoms with Crippen LogP contribution < -0.4 is 10.5 Å². The smallest absolute Gasteiger partial charge is 0.168 e. The molecule has 1 rings (SSSR count). The van der Waals surface area contributed by atoms with Crippen LogP contribution in [0.3, 0.4) is 0 Å². The van der Waals surface area contributed by atoms with Gasteiger partial charge in [0.1, 0.15) is 11.7 Å². The van der Waals surface area contributed by atoms with E-state index >= 15 is 0 Å². The van der Waals surface area contributed by atoms with Crippen LogP contribution >= 0.6 is 0 Å². The van der Waals surface area contributed by atoms with Crippen molar-refractivity contribution in [3.8, 4) is 5.75 Å². The third kappa shape index (κ3) is 1.99. The van der Waals surface area contributed by atoms with Crippen molar-refractivity contribution in [3.63, 3.8) is 0 Å². The molecular weight excluding hydrogens is 190 g/mol. The number of hydrogen-bond acceptors (Lipinski definition) is 2. The van der Waals surface area contributed by atoms with E-state index in [0.29, 0.717) is 6.07 Å². The molecule has 0 heterocycles. The van der Waals surface area contributed by atoms with Crippen LogP contribution in [-0.2, 0) is 0 Å². The van der Waals surface area contributed by atoms with Gasteiger partial charge in [-0.1, -0.05) is 0 Å². The average molecular weight is 200 g/mol. The number of nitrogens with two attached hydrogens (primary N) is 1. The summed E-state index contributed by atoms with van der Waals surface area (Å²) in [7, 11) is 0. The van der Waals surface area contributed by atoms with Crippen LogP contribution in [0.4, 0.5) is 8.78 Å². The van der Waals surface area contributed by atoms with Gasteiger partial charge in [0.15, 0.2) is 11.6 Å². The lowest BCUT2D eigenvalue weighted by Gasteiger charge is -2.09. The summed E-state index contributed by atoms with van der Waals surface area (Å²) in [5.74, 6) is -2.23. The van der Waals surface area contributed by atoms with E-state index in [2.05, 4.69) is 0 Å². The topological polar surface area (TPSA) is 59.1 Å². The number of amidine groups is 1. The quantitative estimate of drug-likeness (QED) is 0.575. The zero-order valence-electron chi connectivity index (χ0n) is 7.60. The number of rotatable bonds is 3. The Bertz CT molecular complexity index is 366. The van der Waals surface area contributed by atoms with Crippen LogP contribution in [0.2, 0.25) is 0 Å². The summed E-state index contributed by atoms with van der Waals surface area (Å²) >= 11 is 0. The monoisotopic (exact) mass is 200 g/mol. The van der Waals surface area contributed by atoms with Gasteiger partial charge in [-0.3, -0.25) is 5.41 Å². The Morgan fingerprint density at radius 1 is 1.50 bits per heavy atom. The average Bonchev–Trinajstić information content (AvgIpc) is 2.09. The number of halogens is 2. The summed E-state index contributed by atoms with van der Waals surface area (Å²) in [6.45, 7) is 1.88. The van der Waals surface area contributed by atoms with Gasteiger partial charge >= 0.3 is 0 Å². The first-order valence-corrected chi connectivity index (χ1v) is 4.02. The summed E-state index contributed by atoms with van der Waals surface area (Å²) in [6, 6.07) is 1.66. The first-order chi connectivity index (χ1) is 6.56. The van der Waals surface area contributed by atoms with Gasteiger partial charge in [0.05, 0.1) is 12.2 Å². The molecular formula is C9H10F2N2O. The van der Waals surface area contributed by atoms with Crippen molar-refractivity contribution in [1.82, 2.24) is 0 Å². The molecule has 0 atom stereocenters. The number of benzene rings is 1. The number of hydrogen-bond donors (Lipinski definition) is 2. The molecule has 3 N–H and O–H groups in total. The van der Waals surface area contributed by atoms with Gasteiger partial charge in [-0.15, -0.1) is 0 Å². The Kier molecular flexibility index (Phi) is 3.01. The zero-order valence-corrected chi connectivity index (χ0v) is 7.60. The number of ether oxygens (including phenoxy) is 1. The van der Waals surface area contributed by atoms with E-state index in [1.54, 1.807) is 6.92 Å². The van der Waals surface area contributed by atoms with Crippen LogP contribution in [0, 0.1) is 17.0 Å². The van der Waals surface area contributed by atoms with Gasteiger partial charge in [-0.25, -0.2) is 8.78 Å². The van der Waals surface area contributed by atoms with Crippen molar-refractivity contribution in [3.05, 3.63) is 29.3 Å². The van der Waals surface area contributed by atoms with Crippen LogP contribution in [0.1, 0.15) is 12.5 Å². The molecule has 0 aliphatic carbocycles. The van der Waals surface area contributed by atoms with E-state index in [1.165, 1.54) is 0 Å². The first-order valence-electron chi connectivity index (χ1n) is 4.02. The third-order valence-corrected chi connectivity index (χ3v) is 1.59. The predicted octanol–water partition coefficient (Wildman–Crippen LogP) is 1.65. The molecule has 0 aliphatic rings. The van der Waals surface area contributed by atoms with E-state index in [4.69, 9.17) is 15.9 Å². The highest BCUT2D eigenvalue weighted by Crippen LogP contribution is 2.23. The maximum absolute atomic E-state index is 13.1. The van der Waals surface area contributed by atoms with E-state index < -0.39 is 17.5 Å². The Morgan fingerprint density at radius 3 is 2.64 bits per heavy atom. The summed E-state index contributed by atoms with van der Waals surface area (Å²) in [6.07, 6.45) is 0. The minimum atomic E-state index is -0.850. The minimum absolute atomic E-state index is 0.0654. The molecule has 5 heteroatoms. The summed E-state index contributed by atoms with van der Waals surface area (Å²) in [5, 5.41) is 7.11. The van der Waals surface area contributed by atoms with Crippen LogP contribution in [-0.4, -0.2) is 12.4 Å². The Balaban J connectivity index is 3.28. The van der Waals surface area contributed by atoms with Crippen molar-refractivity contribution >= 4 is 5.84 Å². The molecule has 0 unspecified atom stereocenters. The largest absolute Gasteiger partial charge is 0.490 e. The molecule has 0 saturated carbocycles. The Morgan fingerprint density at radius 2 is 2.14 bits per heavy atom. The highest BCUT2D eigenvalue weighted by atomic mass is 19.1. The van der Waals surface area contributed by atoms with Gasteiger partial charge in [0.2, 0.25) is 0 Å². The molecule has 76 valence electrons. The molecule has 0 amide bonds. The molecule has 1 aromatic carbocycles.